The topological polar surface area (TPSA) is 85.3 Å². The molecule has 216 valence electrons. The highest BCUT2D eigenvalue weighted by atomic mass is 19.3. The normalized spacial score (nSPS) is 24.6. The molecule has 40 heavy (non-hydrogen) atoms. The number of benzene rings is 1. The number of fused-ring (bicyclic) bond motifs is 3. The van der Waals surface area contributed by atoms with E-state index in [1.807, 2.05) is 7.05 Å². The number of hydrogen-bond donors (Lipinski definition) is 1. The van der Waals surface area contributed by atoms with Crippen LogP contribution in [0.5, 0.6) is 6.01 Å². The van der Waals surface area contributed by atoms with E-state index >= 15 is 0 Å². The molecule has 1 aromatic heterocycles. The van der Waals surface area contributed by atoms with Crippen LogP contribution in [0.2, 0.25) is 0 Å². The fraction of sp³-hybridized carbons (Fsp3) is 0.593. The average Bonchev–Trinajstić information content (AvgIpc) is 3.46. The van der Waals surface area contributed by atoms with E-state index in [4.69, 9.17) is 9.72 Å². The molecule has 4 aliphatic rings. The molecule has 0 spiro atoms. The summed E-state index contributed by atoms with van der Waals surface area (Å²) in [7, 11) is 2.03. The van der Waals surface area contributed by atoms with Gasteiger partial charge in [-0.2, -0.15) is 9.97 Å². The molecular weight excluding hydrogens is 532 g/mol. The van der Waals surface area contributed by atoms with Crippen molar-refractivity contribution in [2.24, 2.45) is 0 Å². The lowest BCUT2D eigenvalue weighted by atomic mass is 10.0. The number of nitrogens with zero attached hydrogens (tertiary/aromatic N) is 6. The van der Waals surface area contributed by atoms with Gasteiger partial charge in [0.15, 0.2) is 0 Å². The fourth-order valence-corrected chi connectivity index (χ4v) is 6.74. The third-order valence-corrected chi connectivity index (χ3v) is 8.75. The number of anilines is 2. The average molecular weight is 565 g/mol. The molecule has 1 N–H and O–H groups in total. The van der Waals surface area contributed by atoms with E-state index in [0.717, 1.165) is 49.9 Å². The summed E-state index contributed by atoms with van der Waals surface area (Å²) in [5.41, 5.74) is -0.119. The number of rotatable bonds is 6. The Morgan fingerprint density at radius 3 is 2.45 bits per heavy atom. The zero-order valence-electron chi connectivity index (χ0n) is 22.2. The van der Waals surface area contributed by atoms with Crippen molar-refractivity contribution >= 4 is 17.6 Å². The van der Waals surface area contributed by atoms with Gasteiger partial charge in [0.2, 0.25) is 0 Å². The van der Waals surface area contributed by atoms with E-state index in [-0.39, 0.29) is 37.2 Å². The number of piperazine rings is 1. The number of carbonyl (C=O) groups is 1. The Morgan fingerprint density at radius 1 is 1.07 bits per heavy atom. The van der Waals surface area contributed by atoms with Crippen LogP contribution in [0.1, 0.15) is 48.9 Å². The van der Waals surface area contributed by atoms with Crippen LogP contribution in [0, 0.1) is 11.6 Å². The van der Waals surface area contributed by atoms with E-state index in [9.17, 15) is 27.5 Å². The van der Waals surface area contributed by atoms with Gasteiger partial charge >= 0.3 is 12.1 Å². The lowest BCUT2D eigenvalue weighted by molar-refractivity contribution is 0.114. The molecule has 1 amide bonds. The molecule has 5 heterocycles. The van der Waals surface area contributed by atoms with E-state index in [2.05, 4.69) is 14.8 Å². The summed E-state index contributed by atoms with van der Waals surface area (Å²) in [6.07, 6.45) is -0.206. The van der Waals surface area contributed by atoms with Gasteiger partial charge in [-0.1, -0.05) is 0 Å². The first-order valence-corrected chi connectivity index (χ1v) is 13.7. The molecular formula is C27H32F4N6O3. The molecule has 6 rings (SSSR count). The number of likely N-dealkylation sites (tertiary alicyclic amines) is 1. The van der Waals surface area contributed by atoms with Crippen molar-refractivity contribution in [2.45, 2.75) is 63.2 Å². The van der Waals surface area contributed by atoms with Gasteiger partial charge in [0.25, 0.3) is 6.43 Å². The number of halogens is 4. The van der Waals surface area contributed by atoms with Crippen molar-refractivity contribution in [3.8, 4) is 6.01 Å². The number of alkyl halides is 2. The summed E-state index contributed by atoms with van der Waals surface area (Å²) >= 11 is 0. The Morgan fingerprint density at radius 2 is 1.80 bits per heavy atom. The van der Waals surface area contributed by atoms with Gasteiger partial charge in [0.05, 0.1) is 35.6 Å². The maximum absolute atomic E-state index is 14.9. The van der Waals surface area contributed by atoms with Crippen LogP contribution in [0.15, 0.2) is 12.1 Å². The Balaban J connectivity index is 1.34. The molecule has 13 heteroatoms. The van der Waals surface area contributed by atoms with Gasteiger partial charge in [-0.15, -0.1) is 0 Å². The summed E-state index contributed by atoms with van der Waals surface area (Å²) in [6, 6.07) is 1.61. The quantitative estimate of drug-likeness (QED) is 0.526. The molecule has 0 saturated carbocycles. The van der Waals surface area contributed by atoms with Gasteiger partial charge in [0.1, 0.15) is 24.1 Å². The maximum atomic E-state index is 14.9. The molecule has 0 unspecified atom stereocenters. The highest BCUT2D eigenvalue weighted by Gasteiger charge is 2.44. The standard InChI is InChI=1S/C27H32F4N6O3/c1-34-9-2-3-17(34)14-40-26-32-21-13-35(23-20(29)7-6-19(28)22(23)24(30)31)10-8-18(21)25(33-26)36-11-15-4-5-16(12-36)37(15)27(38)39/h6-7,15-17,24H,2-5,8-14H2,1H3,(H,38,39)/t15-,16+,17-/m0/s1. The maximum Gasteiger partial charge on any atom is 0.407 e. The van der Waals surface area contributed by atoms with Crippen LogP contribution in [0.25, 0.3) is 0 Å². The number of carboxylic acid groups (broad SMARTS) is 1. The summed E-state index contributed by atoms with van der Waals surface area (Å²) in [6.45, 7) is 2.43. The molecule has 2 bridgehead atoms. The van der Waals surface area contributed by atoms with Crippen LogP contribution in [-0.2, 0) is 13.0 Å². The Labute approximate surface area is 229 Å². The largest absolute Gasteiger partial charge is 0.465 e. The second-order valence-electron chi connectivity index (χ2n) is 11.1. The van der Waals surface area contributed by atoms with Gasteiger partial charge < -0.3 is 24.5 Å². The van der Waals surface area contributed by atoms with Crippen molar-refractivity contribution in [3.05, 3.63) is 40.6 Å². The predicted molar refractivity (Wildman–Crippen MR) is 138 cm³/mol. The molecule has 3 saturated heterocycles. The minimum Gasteiger partial charge on any atom is -0.465 e. The first-order chi connectivity index (χ1) is 19.2. The molecule has 4 aliphatic heterocycles. The van der Waals surface area contributed by atoms with E-state index in [1.165, 1.54) is 9.80 Å². The predicted octanol–water partition coefficient (Wildman–Crippen LogP) is 4.06. The third-order valence-electron chi connectivity index (χ3n) is 8.75. The lowest BCUT2D eigenvalue weighted by Gasteiger charge is -2.41. The number of ether oxygens (including phenoxy) is 1. The number of amides is 1. The Bertz CT molecular complexity index is 1290. The summed E-state index contributed by atoms with van der Waals surface area (Å²) < 4.78 is 62.9. The summed E-state index contributed by atoms with van der Waals surface area (Å²) in [4.78, 5) is 28.4. The van der Waals surface area contributed by atoms with Crippen molar-refractivity contribution in [1.29, 1.82) is 0 Å². The first kappa shape index (κ1) is 26.9. The molecule has 3 atom stereocenters. The summed E-state index contributed by atoms with van der Waals surface area (Å²) in [5.74, 6) is -1.44. The fourth-order valence-electron chi connectivity index (χ4n) is 6.74. The van der Waals surface area contributed by atoms with Crippen LogP contribution in [0.4, 0.5) is 33.9 Å². The van der Waals surface area contributed by atoms with Crippen molar-refractivity contribution in [2.75, 3.05) is 49.6 Å². The molecule has 1 aromatic carbocycles. The Hall–Kier alpha value is -3.35. The third kappa shape index (κ3) is 4.77. The number of aromatic nitrogens is 2. The highest BCUT2D eigenvalue weighted by Crippen LogP contribution is 2.40. The van der Waals surface area contributed by atoms with Crippen molar-refractivity contribution < 1.29 is 32.2 Å². The lowest BCUT2D eigenvalue weighted by Crippen LogP contribution is -2.56. The SMILES string of the molecule is CN1CCC[C@H]1COc1nc2c(c(N3C[C@H]4CC[C@@H](C3)N4C(=O)O)n1)CCN(c1c(F)ccc(F)c1C(F)F)C2. The zero-order chi connectivity index (χ0) is 28.1. The number of likely N-dealkylation sites (N-methyl/N-ethyl adjacent to an activating group) is 1. The van der Waals surface area contributed by atoms with Gasteiger partial charge in [-0.25, -0.2) is 22.4 Å². The van der Waals surface area contributed by atoms with Crippen molar-refractivity contribution in [3.63, 3.8) is 0 Å². The van der Waals surface area contributed by atoms with Gasteiger partial charge in [0, 0.05) is 31.2 Å². The van der Waals surface area contributed by atoms with Gasteiger partial charge in [-0.05, 0) is 57.8 Å². The van der Waals surface area contributed by atoms with Crippen molar-refractivity contribution in [1.82, 2.24) is 19.8 Å². The van der Waals surface area contributed by atoms with Crippen LogP contribution in [-0.4, -0.2) is 88.9 Å². The van der Waals surface area contributed by atoms with E-state index in [1.54, 1.807) is 0 Å². The molecule has 0 radical (unpaired) electrons. The van der Waals surface area contributed by atoms with E-state index < -0.39 is 35.4 Å². The van der Waals surface area contributed by atoms with Crippen LogP contribution < -0.4 is 14.5 Å². The Kier molecular flexibility index (Phi) is 7.09. The zero-order valence-corrected chi connectivity index (χ0v) is 22.2. The van der Waals surface area contributed by atoms with E-state index in [0.29, 0.717) is 37.6 Å². The van der Waals surface area contributed by atoms with Gasteiger partial charge in [-0.3, -0.25) is 4.90 Å². The van der Waals surface area contributed by atoms with Crippen LogP contribution in [0.3, 0.4) is 0 Å². The second kappa shape index (κ2) is 10.6. The minimum atomic E-state index is -3.18. The summed E-state index contributed by atoms with van der Waals surface area (Å²) in [5, 5.41) is 9.69. The highest BCUT2D eigenvalue weighted by molar-refractivity contribution is 5.68. The number of hydrogen-bond acceptors (Lipinski definition) is 7. The molecule has 3 fully saturated rings. The van der Waals surface area contributed by atoms with Crippen LogP contribution >= 0.6 is 0 Å². The molecule has 9 nitrogen and oxygen atoms in total. The monoisotopic (exact) mass is 564 g/mol. The second-order valence-corrected chi connectivity index (χ2v) is 11.1. The molecule has 0 aliphatic carbocycles. The minimum absolute atomic E-state index is 0.0212. The molecule has 2 aromatic rings. The smallest absolute Gasteiger partial charge is 0.407 e. The first-order valence-electron chi connectivity index (χ1n) is 13.7.